The van der Waals surface area contributed by atoms with Gasteiger partial charge in [-0.25, -0.2) is 0 Å². The zero-order valence-corrected chi connectivity index (χ0v) is 33.6. The molecule has 0 radical (unpaired) electrons. The number of nitrogens with zero attached hydrogens (tertiary/aromatic N) is 1. The van der Waals surface area contributed by atoms with Gasteiger partial charge in [-0.2, -0.15) is 0 Å². The molecule has 1 aliphatic heterocycles. The van der Waals surface area contributed by atoms with E-state index in [0.717, 1.165) is 99.0 Å². The molecule has 6 rings (SSSR count). The second kappa shape index (κ2) is 18.9. The van der Waals surface area contributed by atoms with Gasteiger partial charge in [-0.05, 0) is 91.4 Å². The van der Waals surface area contributed by atoms with E-state index in [2.05, 4.69) is 94.4 Å². The predicted molar refractivity (Wildman–Crippen MR) is 217 cm³/mol. The van der Waals surface area contributed by atoms with E-state index in [0.29, 0.717) is 26.4 Å². The Labute approximate surface area is 329 Å². The average molecular weight is 786 g/mol. The minimum absolute atomic E-state index is 0.0442. The minimum Gasteiger partial charge on any atom is -0.491 e. The van der Waals surface area contributed by atoms with E-state index in [-0.39, 0.29) is 10.6 Å². The highest BCUT2D eigenvalue weighted by molar-refractivity contribution is 8.01. The number of benzene rings is 5. The van der Waals surface area contributed by atoms with Crippen LogP contribution in [0.1, 0.15) is 53.4 Å². The molecule has 11 heteroatoms. The Morgan fingerprint density at radius 3 is 1.21 bits per heavy atom. The molecule has 0 saturated heterocycles. The molecule has 8 bridgehead atoms. The number of rotatable bonds is 14. The third-order valence-corrected chi connectivity index (χ3v) is 12.4. The first-order valence-electron chi connectivity index (χ1n) is 18.0. The van der Waals surface area contributed by atoms with Crippen molar-refractivity contribution in [2.45, 2.75) is 92.5 Å². The molecule has 0 amide bonds. The highest BCUT2D eigenvalue weighted by Gasteiger charge is 2.25. The van der Waals surface area contributed by atoms with Crippen molar-refractivity contribution in [1.82, 2.24) is 0 Å². The fraction of sp³-hybridized carbons (Fsp3) is 0.286. The van der Waals surface area contributed by atoms with Crippen molar-refractivity contribution in [1.29, 1.82) is 0 Å². The van der Waals surface area contributed by atoms with Gasteiger partial charge in [-0.1, -0.05) is 99.0 Å². The number of hydrogen-bond donors (Lipinski definition) is 0. The smallest absolute Gasteiger partial charge is 0.269 e. The van der Waals surface area contributed by atoms with Crippen LogP contribution >= 0.6 is 47.0 Å². The van der Waals surface area contributed by atoms with Gasteiger partial charge in [0.25, 0.3) is 5.69 Å². The summed E-state index contributed by atoms with van der Waals surface area (Å²) in [7, 11) is 0. The molecule has 276 valence electrons. The van der Waals surface area contributed by atoms with Crippen LogP contribution in [0.2, 0.25) is 0 Å². The topological polar surface area (TPSA) is 80.1 Å². The number of nitro benzene ring substituents is 1. The van der Waals surface area contributed by atoms with Crippen molar-refractivity contribution in [2.75, 3.05) is 26.4 Å². The van der Waals surface area contributed by atoms with Crippen LogP contribution in [0.15, 0.2) is 130 Å². The molecule has 7 nitrogen and oxygen atoms in total. The Hall–Kier alpha value is -3.90. The lowest BCUT2D eigenvalue weighted by molar-refractivity contribution is -0.384. The number of fused-ring (bicyclic) bond motifs is 8. The van der Waals surface area contributed by atoms with Crippen molar-refractivity contribution in [2.24, 2.45) is 0 Å². The van der Waals surface area contributed by atoms with Gasteiger partial charge in [-0.3, -0.25) is 10.1 Å². The molecule has 0 unspecified atom stereocenters. The Balaban J connectivity index is 1.63. The van der Waals surface area contributed by atoms with Crippen LogP contribution in [-0.2, 0) is 0 Å². The van der Waals surface area contributed by atoms with E-state index < -0.39 is 0 Å². The van der Waals surface area contributed by atoms with Gasteiger partial charge < -0.3 is 18.9 Å². The summed E-state index contributed by atoms with van der Waals surface area (Å²) < 4.78 is 26.4. The summed E-state index contributed by atoms with van der Waals surface area (Å²) >= 11 is 6.51. The molecule has 0 fully saturated rings. The SMILES string of the molecule is CCCOc1c2cccc1Sc1cccc(c1OCCC)Sc1c(-c3ccc([N+](=O)[O-])cc3)ccc(c1OCCC)Sc1cccc(c1OCCC)S2. The lowest BCUT2D eigenvalue weighted by Gasteiger charge is -2.23. The molecule has 0 spiro atoms. The molecule has 1 heterocycles. The Bertz CT molecular complexity index is 2040. The molecule has 5 aromatic carbocycles. The number of nitro groups is 1. The maximum Gasteiger partial charge on any atom is 0.269 e. The van der Waals surface area contributed by atoms with Gasteiger partial charge in [0.15, 0.2) is 0 Å². The zero-order chi connectivity index (χ0) is 37.2. The molecule has 1 aliphatic rings. The van der Waals surface area contributed by atoms with Crippen molar-refractivity contribution in [3.8, 4) is 34.1 Å². The minimum atomic E-state index is -0.372. The number of hydrogen-bond acceptors (Lipinski definition) is 10. The van der Waals surface area contributed by atoms with Crippen LogP contribution in [-0.4, -0.2) is 31.4 Å². The molecule has 0 N–H and O–H groups in total. The fourth-order valence-corrected chi connectivity index (χ4v) is 10.1. The second-order valence-corrected chi connectivity index (χ2v) is 16.4. The molecule has 5 aromatic rings. The summed E-state index contributed by atoms with van der Waals surface area (Å²) in [5.74, 6) is 3.22. The van der Waals surface area contributed by atoms with E-state index in [1.54, 1.807) is 59.2 Å². The molecular formula is C42H43NO6S4. The lowest BCUT2D eigenvalue weighted by atomic mass is 10.0. The standard InChI is InChI=1S/C42H43NO6S4/c1-5-24-46-38-31-12-9-13-32(38)51-35-16-11-17-36(40(35)48-26-7-3)53-42-30(28-18-20-29(21-19-28)43(44)45)22-23-37(41(42)49-27-8-4)52-34-15-10-14-33(50-31)39(34)47-25-6-2/h9-23H,5-8,24-27H2,1-4H3. The maximum absolute atomic E-state index is 11.6. The third kappa shape index (κ3) is 9.25. The van der Waals surface area contributed by atoms with Crippen molar-refractivity contribution in [3.05, 3.63) is 101 Å². The van der Waals surface area contributed by atoms with E-state index in [4.69, 9.17) is 18.9 Å². The molecule has 0 aliphatic carbocycles. The first-order chi connectivity index (χ1) is 25.9. The van der Waals surface area contributed by atoms with Crippen LogP contribution in [0, 0.1) is 10.1 Å². The fourth-order valence-electron chi connectivity index (χ4n) is 5.53. The molecule has 0 saturated carbocycles. The van der Waals surface area contributed by atoms with Gasteiger partial charge in [0, 0.05) is 12.1 Å². The summed E-state index contributed by atoms with van der Waals surface area (Å²) in [5, 5.41) is 11.6. The predicted octanol–water partition coefficient (Wildman–Crippen LogP) is 13.3. The summed E-state index contributed by atoms with van der Waals surface area (Å²) in [6, 6.07) is 29.8. The van der Waals surface area contributed by atoms with Gasteiger partial charge in [-0.15, -0.1) is 0 Å². The lowest BCUT2D eigenvalue weighted by Crippen LogP contribution is -2.03. The Morgan fingerprint density at radius 1 is 0.472 bits per heavy atom. The Morgan fingerprint density at radius 2 is 0.830 bits per heavy atom. The molecule has 0 atom stereocenters. The van der Waals surface area contributed by atoms with Crippen molar-refractivity contribution >= 4 is 52.7 Å². The van der Waals surface area contributed by atoms with Crippen molar-refractivity contribution in [3.63, 3.8) is 0 Å². The Kier molecular flexibility index (Phi) is 13.9. The molecule has 53 heavy (non-hydrogen) atoms. The quantitative estimate of drug-likeness (QED) is 0.0786. The molecular weight excluding hydrogens is 743 g/mol. The zero-order valence-electron chi connectivity index (χ0n) is 30.3. The number of non-ortho nitro benzene ring substituents is 1. The summed E-state index contributed by atoms with van der Waals surface area (Å²) in [4.78, 5) is 19.0. The van der Waals surface area contributed by atoms with E-state index in [1.807, 2.05) is 12.1 Å². The first-order valence-corrected chi connectivity index (χ1v) is 21.3. The van der Waals surface area contributed by atoms with Crippen LogP contribution in [0.4, 0.5) is 5.69 Å². The highest BCUT2D eigenvalue weighted by atomic mass is 32.2. The van der Waals surface area contributed by atoms with Crippen LogP contribution < -0.4 is 18.9 Å². The van der Waals surface area contributed by atoms with Gasteiger partial charge >= 0.3 is 0 Å². The maximum atomic E-state index is 11.6. The largest absolute Gasteiger partial charge is 0.491 e. The van der Waals surface area contributed by atoms with Crippen LogP contribution in [0.5, 0.6) is 23.0 Å². The summed E-state index contributed by atoms with van der Waals surface area (Å²) in [5.41, 5.74) is 1.81. The third-order valence-electron chi connectivity index (χ3n) is 7.97. The van der Waals surface area contributed by atoms with Crippen LogP contribution in [0.3, 0.4) is 0 Å². The van der Waals surface area contributed by atoms with Gasteiger partial charge in [0.05, 0.1) is 70.5 Å². The highest BCUT2D eigenvalue weighted by Crippen LogP contribution is 2.55. The summed E-state index contributed by atoms with van der Waals surface area (Å²) in [6.07, 6.45) is 3.43. The van der Waals surface area contributed by atoms with Gasteiger partial charge in [0.1, 0.15) is 23.0 Å². The van der Waals surface area contributed by atoms with E-state index in [1.165, 1.54) is 0 Å². The normalized spacial score (nSPS) is 12.2. The van der Waals surface area contributed by atoms with E-state index in [9.17, 15) is 10.1 Å². The molecule has 0 aromatic heterocycles. The van der Waals surface area contributed by atoms with E-state index >= 15 is 0 Å². The summed E-state index contributed by atoms with van der Waals surface area (Å²) in [6.45, 7) is 10.7. The van der Waals surface area contributed by atoms with Crippen LogP contribution in [0.25, 0.3) is 11.1 Å². The number of ether oxygens (including phenoxy) is 4. The van der Waals surface area contributed by atoms with Crippen molar-refractivity contribution < 1.29 is 23.9 Å². The first kappa shape index (κ1) is 38.8. The second-order valence-electron chi connectivity index (χ2n) is 12.1. The van der Waals surface area contributed by atoms with Gasteiger partial charge in [0.2, 0.25) is 0 Å². The monoisotopic (exact) mass is 785 g/mol. The average Bonchev–Trinajstić information content (AvgIpc) is 3.16. The number of para-hydroxylation sites is 3.